The summed E-state index contributed by atoms with van der Waals surface area (Å²) in [5, 5.41) is 3.85. The zero-order valence-corrected chi connectivity index (χ0v) is 32.1. The Kier molecular flexibility index (Phi) is 9.54. The van der Waals surface area contributed by atoms with E-state index in [-0.39, 0.29) is 9.79 Å². The summed E-state index contributed by atoms with van der Waals surface area (Å²) in [6.07, 6.45) is 0. The molecule has 6 aromatic rings. The SMILES string of the molecule is COc1cc(OC)cc([Si](c2ccc(N3c4ccccc4S(=O)(=O)c4ccccc43)cc2)(c2cc(OC)cc(OC)c2)c2cc(OC)cc(OC)c2)c1. The molecule has 0 saturated carbocycles. The number of anilines is 3. The third-order valence-electron chi connectivity index (χ3n) is 9.70. The van der Waals surface area contributed by atoms with Gasteiger partial charge in [0.1, 0.15) is 34.5 Å². The molecule has 0 radical (unpaired) electrons. The van der Waals surface area contributed by atoms with Gasteiger partial charge in [-0.2, -0.15) is 0 Å². The van der Waals surface area contributed by atoms with Crippen LogP contribution >= 0.6 is 0 Å². The number of nitrogens with zero attached hydrogens (tertiary/aromatic N) is 1. The van der Waals surface area contributed by atoms with Crippen LogP contribution in [-0.4, -0.2) is 59.2 Å². The molecule has 11 heteroatoms. The summed E-state index contributed by atoms with van der Waals surface area (Å²) in [6, 6.07) is 40.3. The van der Waals surface area contributed by atoms with Crippen LogP contribution in [0.4, 0.5) is 17.1 Å². The van der Waals surface area contributed by atoms with Gasteiger partial charge in [-0.3, -0.25) is 0 Å². The van der Waals surface area contributed by atoms with Crippen LogP contribution in [0.2, 0.25) is 0 Å². The van der Waals surface area contributed by atoms with Gasteiger partial charge in [0, 0.05) is 23.9 Å². The highest BCUT2D eigenvalue weighted by molar-refractivity contribution is 7.92. The van der Waals surface area contributed by atoms with E-state index >= 15 is 0 Å². The van der Waals surface area contributed by atoms with Gasteiger partial charge in [-0.25, -0.2) is 8.42 Å². The first-order valence-electron chi connectivity index (χ1n) is 16.8. The van der Waals surface area contributed by atoms with Crippen molar-refractivity contribution in [3.05, 3.63) is 127 Å². The van der Waals surface area contributed by atoms with Gasteiger partial charge in [0.05, 0.1) is 63.8 Å². The van der Waals surface area contributed by atoms with Crippen LogP contribution in [0.3, 0.4) is 0 Å². The lowest BCUT2D eigenvalue weighted by molar-refractivity contribution is 0.395. The molecule has 0 aromatic heterocycles. The van der Waals surface area contributed by atoms with E-state index in [1.807, 2.05) is 95.9 Å². The van der Waals surface area contributed by atoms with Gasteiger partial charge in [-0.1, -0.05) is 36.4 Å². The Hall–Kier alpha value is -5.91. The number of sulfone groups is 1. The molecule has 0 aliphatic carbocycles. The molecule has 9 nitrogen and oxygen atoms in total. The molecule has 0 bridgehead atoms. The van der Waals surface area contributed by atoms with Crippen molar-refractivity contribution >= 4 is 55.7 Å². The van der Waals surface area contributed by atoms with Crippen molar-refractivity contribution in [2.45, 2.75) is 9.79 Å². The highest BCUT2D eigenvalue weighted by atomic mass is 32.2. The average molecular weight is 746 g/mol. The highest BCUT2D eigenvalue weighted by Crippen LogP contribution is 2.47. The molecule has 0 fully saturated rings. The summed E-state index contributed by atoms with van der Waals surface area (Å²) in [7, 11) is 2.65. The number of hydrogen-bond acceptors (Lipinski definition) is 9. The fraction of sp³-hybridized carbons (Fsp3) is 0.143. The van der Waals surface area contributed by atoms with E-state index in [1.165, 1.54) is 0 Å². The smallest absolute Gasteiger partial charge is 0.210 e. The average Bonchev–Trinajstić information content (AvgIpc) is 3.21. The van der Waals surface area contributed by atoms with E-state index in [2.05, 4.69) is 12.1 Å². The Balaban J connectivity index is 1.57. The van der Waals surface area contributed by atoms with E-state index in [9.17, 15) is 8.42 Å². The molecular formula is C42H39NO8SSi. The maximum Gasteiger partial charge on any atom is 0.210 e. The quantitative estimate of drug-likeness (QED) is 0.122. The normalized spacial score (nSPS) is 13.0. The summed E-state index contributed by atoms with van der Waals surface area (Å²) >= 11 is 0. The van der Waals surface area contributed by atoms with Crippen LogP contribution in [0.1, 0.15) is 0 Å². The number of para-hydroxylation sites is 2. The first-order chi connectivity index (χ1) is 25.7. The van der Waals surface area contributed by atoms with Crippen LogP contribution in [-0.2, 0) is 9.84 Å². The number of hydrogen-bond donors (Lipinski definition) is 0. The first-order valence-corrected chi connectivity index (χ1v) is 20.2. The number of fused-ring (bicyclic) bond motifs is 2. The summed E-state index contributed by atoms with van der Waals surface area (Å²) in [4.78, 5) is 2.50. The molecule has 1 heterocycles. The lowest BCUT2D eigenvalue weighted by atomic mass is 10.2. The summed E-state index contributed by atoms with van der Waals surface area (Å²) in [5.41, 5.74) is 1.95. The minimum absolute atomic E-state index is 0.252. The van der Waals surface area contributed by atoms with Crippen molar-refractivity contribution in [1.29, 1.82) is 0 Å². The monoisotopic (exact) mass is 745 g/mol. The zero-order chi connectivity index (χ0) is 37.3. The Bertz CT molecular complexity index is 2160. The molecule has 0 spiro atoms. The maximum absolute atomic E-state index is 13.8. The second-order valence-corrected chi connectivity index (χ2v) is 18.1. The third kappa shape index (κ3) is 6.01. The van der Waals surface area contributed by atoms with E-state index in [1.54, 1.807) is 66.9 Å². The van der Waals surface area contributed by atoms with Crippen LogP contribution < -0.4 is 54.1 Å². The van der Waals surface area contributed by atoms with E-state index in [0.29, 0.717) is 45.9 Å². The maximum atomic E-state index is 13.8. The van der Waals surface area contributed by atoms with Crippen molar-refractivity contribution in [1.82, 2.24) is 0 Å². The van der Waals surface area contributed by atoms with Gasteiger partial charge in [0.15, 0.2) is 8.07 Å². The number of methoxy groups -OCH3 is 6. The highest BCUT2D eigenvalue weighted by Gasteiger charge is 2.44. The molecule has 270 valence electrons. The van der Waals surface area contributed by atoms with Gasteiger partial charge >= 0.3 is 0 Å². The fourth-order valence-electron chi connectivity index (χ4n) is 7.20. The molecule has 1 aliphatic heterocycles. The molecule has 0 atom stereocenters. The van der Waals surface area contributed by atoms with Crippen LogP contribution in [0.15, 0.2) is 137 Å². The Labute approximate surface area is 310 Å². The van der Waals surface area contributed by atoms with Gasteiger partial charge in [-0.15, -0.1) is 0 Å². The number of ether oxygens (including phenoxy) is 6. The molecular weight excluding hydrogens is 707 g/mol. The second kappa shape index (κ2) is 14.2. The second-order valence-electron chi connectivity index (χ2n) is 12.4. The van der Waals surface area contributed by atoms with Crippen LogP contribution in [0.5, 0.6) is 34.5 Å². The zero-order valence-electron chi connectivity index (χ0n) is 30.2. The lowest BCUT2D eigenvalue weighted by Crippen LogP contribution is -2.74. The number of benzene rings is 6. The molecule has 7 rings (SSSR count). The van der Waals surface area contributed by atoms with E-state index in [4.69, 9.17) is 28.4 Å². The van der Waals surface area contributed by atoms with Gasteiger partial charge in [-0.05, 0) is 93.5 Å². The van der Waals surface area contributed by atoms with E-state index < -0.39 is 17.9 Å². The molecule has 1 aliphatic rings. The minimum atomic E-state index is -3.73. The number of rotatable bonds is 11. The van der Waals surface area contributed by atoms with Crippen molar-refractivity contribution < 1.29 is 36.8 Å². The molecule has 6 aromatic carbocycles. The van der Waals surface area contributed by atoms with Gasteiger partial charge < -0.3 is 33.3 Å². The molecule has 0 amide bonds. The van der Waals surface area contributed by atoms with Gasteiger partial charge in [0.25, 0.3) is 0 Å². The lowest BCUT2D eigenvalue weighted by Gasteiger charge is -2.36. The van der Waals surface area contributed by atoms with Crippen molar-refractivity contribution in [3.63, 3.8) is 0 Å². The largest absolute Gasteiger partial charge is 0.497 e. The van der Waals surface area contributed by atoms with Crippen molar-refractivity contribution in [2.24, 2.45) is 0 Å². The van der Waals surface area contributed by atoms with Crippen LogP contribution in [0, 0.1) is 0 Å². The molecule has 0 unspecified atom stereocenters. The van der Waals surface area contributed by atoms with Gasteiger partial charge in [0.2, 0.25) is 9.84 Å². The van der Waals surface area contributed by atoms with E-state index in [0.717, 1.165) is 26.4 Å². The topological polar surface area (TPSA) is 92.8 Å². The first kappa shape index (κ1) is 35.5. The van der Waals surface area contributed by atoms with Crippen molar-refractivity contribution in [2.75, 3.05) is 47.6 Å². The fourth-order valence-corrected chi connectivity index (χ4v) is 13.6. The Morgan fingerprint density at radius 2 is 0.736 bits per heavy atom. The molecule has 0 N–H and O–H groups in total. The predicted molar refractivity (Wildman–Crippen MR) is 210 cm³/mol. The summed E-state index contributed by atoms with van der Waals surface area (Å²) < 4.78 is 62.6. The summed E-state index contributed by atoms with van der Waals surface area (Å²) in [5.74, 6) is 3.75. The Morgan fingerprint density at radius 1 is 0.415 bits per heavy atom. The molecule has 0 saturated heterocycles. The Morgan fingerprint density at radius 3 is 1.06 bits per heavy atom. The van der Waals surface area contributed by atoms with Crippen LogP contribution in [0.25, 0.3) is 0 Å². The summed E-state index contributed by atoms with van der Waals surface area (Å²) in [6.45, 7) is 0. The third-order valence-corrected chi connectivity index (χ3v) is 16.2. The standard InChI is InChI=1S/C42H39NO8SSi/c1-46-29-19-30(47-2)23-36(22-29)53(37-24-31(48-3)20-32(25-37)49-4,38-26-33(50-5)21-34(27-38)51-6)35-17-15-28(16-18-35)43-39-11-7-9-13-41(39)52(44,45)42-14-10-8-12-40(42)43/h7-27H,1-6H3. The molecule has 53 heavy (non-hydrogen) atoms. The predicted octanol–water partition coefficient (Wildman–Crippen LogP) is 5.73. The minimum Gasteiger partial charge on any atom is -0.497 e. The van der Waals surface area contributed by atoms with Crippen molar-refractivity contribution in [3.8, 4) is 34.5 Å².